The fourth-order valence-corrected chi connectivity index (χ4v) is 4.59. The van der Waals surface area contributed by atoms with Crippen LogP contribution in [-0.4, -0.2) is 37.1 Å². The molecule has 0 heterocycles. The van der Waals surface area contributed by atoms with Gasteiger partial charge >= 0.3 is 5.97 Å². The third-order valence-electron chi connectivity index (χ3n) is 6.58. The maximum absolute atomic E-state index is 12.7. The molecule has 2 aromatic carbocycles. The molecule has 230 valence electrons. The number of nitrogens with zero attached hydrogens (tertiary/aromatic N) is 1. The highest BCUT2D eigenvalue weighted by Crippen LogP contribution is 2.23. The van der Waals surface area contributed by atoms with Gasteiger partial charge in [0, 0.05) is 16.5 Å². The summed E-state index contributed by atoms with van der Waals surface area (Å²) in [6.45, 7) is 4.70. The van der Waals surface area contributed by atoms with E-state index in [-0.39, 0.29) is 18.2 Å². The number of hydrogen-bond donors (Lipinski definition) is 2. The van der Waals surface area contributed by atoms with Crippen molar-refractivity contribution in [2.45, 2.75) is 97.3 Å². The molecule has 0 fully saturated rings. The highest BCUT2D eigenvalue weighted by Gasteiger charge is 2.12. The zero-order valence-electron chi connectivity index (χ0n) is 25.1. The SMILES string of the molecule is CCCCCCCCCCCCCC(=O)NCC(=O)NN=Cc1cc(Br)ccc1OC(=O)c1ccc(OCCC)cc1. The summed E-state index contributed by atoms with van der Waals surface area (Å²) < 4.78 is 11.9. The topological polar surface area (TPSA) is 106 Å². The zero-order chi connectivity index (χ0) is 30.4. The molecule has 2 rings (SSSR count). The van der Waals surface area contributed by atoms with Crippen LogP contribution >= 0.6 is 15.9 Å². The molecule has 0 radical (unpaired) electrons. The Morgan fingerprint density at radius 1 is 0.810 bits per heavy atom. The Morgan fingerprint density at radius 2 is 1.45 bits per heavy atom. The molecule has 0 unspecified atom stereocenters. The van der Waals surface area contributed by atoms with Crippen LogP contribution in [0.25, 0.3) is 0 Å². The quantitative estimate of drug-likeness (QED) is 0.0476. The van der Waals surface area contributed by atoms with Crippen LogP contribution in [0.1, 0.15) is 113 Å². The molecule has 0 saturated carbocycles. The lowest BCUT2D eigenvalue weighted by Crippen LogP contribution is -2.34. The van der Waals surface area contributed by atoms with E-state index in [2.05, 4.69) is 38.7 Å². The van der Waals surface area contributed by atoms with Gasteiger partial charge in [0.1, 0.15) is 11.5 Å². The Hall–Kier alpha value is -3.20. The number of ether oxygens (including phenoxy) is 2. The van der Waals surface area contributed by atoms with Gasteiger partial charge in [0.25, 0.3) is 5.91 Å². The molecule has 2 amide bonds. The summed E-state index contributed by atoms with van der Waals surface area (Å²) in [5.74, 6) is -0.147. The van der Waals surface area contributed by atoms with Gasteiger partial charge in [0.15, 0.2) is 0 Å². The summed E-state index contributed by atoms with van der Waals surface area (Å²) in [4.78, 5) is 36.9. The summed E-state index contributed by atoms with van der Waals surface area (Å²) in [5.41, 5.74) is 3.26. The van der Waals surface area contributed by atoms with Crippen molar-refractivity contribution in [2.24, 2.45) is 5.10 Å². The van der Waals surface area contributed by atoms with Gasteiger partial charge in [-0.2, -0.15) is 5.10 Å². The summed E-state index contributed by atoms with van der Waals surface area (Å²) in [5, 5.41) is 6.60. The number of benzene rings is 2. The Bertz CT molecular complexity index is 1120. The van der Waals surface area contributed by atoms with E-state index in [0.717, 1.165) is 30.2 Å². The van der Waals surface area contributed by atoms with Gasteiger partial charge in [-0.05, 0) is 55.3 Å². The Labute approximate surface area is 259 Å². The number of amides is 2. The highest BCUT2D eigenvalue weighted by molar-refractivity contribution is 9.10. The molecular formula is C33H46BrN3O5. The van der Waals surface area contributed by atoms with Crippen molar-refractivity contribution < 1.29 is 23.9 Å². The van der Waals surface area contributed by atoms with Crippen LogP contribution < -0.4 is 20.2 Å². The van der Waals surface area contributed by atoms with Crippen LogP contribution in [0.3, 0.4) is 0 Å². The largest absolute Gasteiger partial charge is 0.494 e. The number of carbonyl (C=O) groups is 3. The molecule has 2 N–H and O–H groups in total. The second-order valence-corrected chi connectivity index (χ2v) is 11.2. The Kier molecular flexibility index (Phi) is 17.9. The number of hydrogen-bond acceptors (Lipinski definition) is 6. The minimum absolute atomic E-state index is 0.142. The number of rotatable bonds is 21. The van der Waals surface area contributed by atoms with E-state index in [0.29, 0.717) is 29.9 Å². The molecular weight excluding hydrogens is 598 g/mol. The van der Waals surface area contributed by atoms with E-state index in [1.165, 1.54) is 57.6 Å². The molecule has 0 atom stereocenters. The first-order valence-corrected chi connectivity index (χ1v) is 16.1. The molecule has 8 nitrogen and oxygen atoms in total. The maximum Gasteiger partial charge on any atom is 0.343 e. The van der Waals surface area contributed by atoms with E-state index in [1.54, 1.807) is 42.5 Å². The van der Waals surface area contributed by atoms with Crippen molar-refractivity contribution in [1.82, 2.24) is 10.7 Å². The van der Waals surface area contributed by atoms with E-state index < -0.39 is 11.9 Å². The average Bonchev–Trinajstić information content (AvgIpc) is 2.99. The molecule has 0 aliphatic rings. The Morgan fingerprint density at radius 3 is 2.10 bits per heavy atom. The van der Waals surface area contributed by atoms with Gasteiger partial charge in [0.2, 0.25) is 5.91 Å². The lowest BCUT2D eigenvalue weighted by molar-refractivity contribution is -0.126. The molecule has 0 aliphatic heterocycles. The second-order valence-electron chi connectivity index (χ2n) is 10.3. The number of unbranched alkanes of at least 4 members (excludes halogenated alkanes) is 10. The van der Waals surface area contributed by atoms with E-state index in [4.69, 9.17) is 9.47 Å². The number of halogens is 1. The number of carbonyl (C=O) groups excluding carboxylic acids is 3. The van der Waals surface area contributed by atoms with E-state index >= 15 is 0 Å². The van der Waals surface area contributed by atoms with Crippen LogP contribution in [0.5, 0.6) is 11.5 Å². The van der Waals surface area contributed by atoms with Gasteiger partial charge in [-0.15, -0.1) is 0 Å². The molecule has 0 saturated heterocycles. The summed E-state index contributed by atoms with van der Waals surface area (Å²) >= 11 is 3.40. The number of hydrazone groups is 1. The van der Waals surface area contributed by atoms with Crippen LogP contribution in [-0.2, 0) is 9.59 Å². The Balaban J connectivity index is 1.68. The smallest absolute Gasteiger partial charge is 0.343 e. The first-order chi connectivity index (χ1) is 20.4. The first kappa shape index (κ1) is 35.0. The normalized spacial score (nSPS) is 10.9. The van der Waals surface area contributed by atoms with Crippen molar-refractivity contribution >= 4 is 39.9 Å². The lowest BCUT2D eigenvalue weighted by Gasteiger charge is -2.09. The molecule has 2 aromatic rings. The van der Waals surface area contributed by atoms with Gasteiger partial charge in [-0.3, -0.25) is 9.59 Å². The summed E-state index contributed by atoms with van der Waals surface area (Å²) in [6.07, 6.45) is 16.1. The maximum atomic E-state index is 12.7. The lowest BCUT2D eigenvalue weighted by atomic mass is 10.1. The molecule has 0 aromatic heterocycles. The van der Waals surface area contributed by atoms with Crippen molar-refractivity contribution in [1.29, 1.82) is 0 Å². The molecule has 0 bridgehead atoms. The monoisotopic (exact) mass is 643 g/mol. The first-order valence-electron chi connectivity index (χ1n) is 15.3. The predicted octanol–water partition coefficient (Wildman–Crippen LogP) is 7.72. The van der Waals surface area contributed by atoms with Gasteiger partial charge in [-0.1, -0.05) is 94.0 Å². The average molecular weight is 645 g/mol. The highest BCUT2D eigenvalue weighted by atomic mass is 79.9. The summed E-state index contributed by atoms with van der Waals surface area (Å²) in [7, 11) is 0. The van der Waals surface area contributed by atoms with Gasteiger partial charge in [-0.25, -0.2) is 10.2 Å². The third kappa shape index (κ3) is 15.1. The van der Waals surface area contributed by atoms with Crippen molar-refractivity contribution in [3.8, 4) is 11.5 Å². The van der Waals surface area contributed by atoms with E-state index in [9.17, 15) is 14.4 Å². The molecule has 0 spiro atoms. The third-order valence-corrected chi connectivity index (χ3v) is 7.08. The fraction of sp³-hybridized carbons (Fsp3) is 0.515. The van der Waals surface area contributed by atoms with Gasteiger partial charge in [0.05, 0.1) is 24.9 Å². The van der Waals surface area contributed by atoms with Crippen LogP contribution in [0, 0.1) is 0 Å². The predicted molar refractivity (Wildman–Crippen MR) is 171 cm³/mol. The van der Waals surface area contributed by atoms with Crippen LogP contribution in [0.2, 0.25) is 0 Å². The second kappa shape index (κ2) is 21.5. The fourth-order valence-electron chi connectivity index (χ4n) is 4.21. The van der Waals surface area contributed by atoms with Crippen molar-refractivity contribution in [3.05, 3.63) is 58.1 Å². The van der Waals surface area contributed by atoms with Crippen LogP contribution in [0.15, 0.2) is 52.0 Å². The number of nitrogens with one attached hydrogen (secondary N) is 2. The molecule has 42 heavy (non-hydrogen) atoms. The zero-order valence-corrected chi connectivity index (χ0v) is 26.7. The van der Waals surface area contributed by atoms with Crippen LogP contribution in [0.4, 0.5) is 0 Å². The van der Waals surface area contributed by atoms with Gasteiger partial charge < -0.3 is 14.8 Å². The number of esters is 1. The molecule has 0 aliphatic carbocycles. The minimum atomic E-state index is -0.529. The van der Waals surface area contributed by atoms with Crippen molar-refractivity contribution in [3.63, 3.8) is 0 Å². The molecule has 9 heteroatoms. The minimum Gasteiger partial charge on any atom is -0.494 e. The van der Waals surface area contributed by atoms with E-state index in [1.807, 2.05) is 6.92 Å². The standard InChI is InChI=1S/C33H46BrN3O5/c1-3-5-6-7-8-9-10-11-12-13-14-15-31(38)35-25-32(39)37-36-24-27-23-28(34)18-21-30(27)42-33(40)26-16-19-29(20-17-26)41-22-4-2/h16-21,23-24H,3-15,22,25H2,1-2H3,(H,35,38)(H,37,39). The summed E-state index contributed by atoms with van der Waals surface area (Å²) in [6, 6.07) is 11.8. The van der Waals surface area contributed by atoms with Crippen molar-refractivity contribution in [2.75, 3.05) is 13.2 Å².